The van der Waals surface area contributed by atoms with E-state index >= 15 is 0 Å². The highest BCUT2D eigenvalue weighted by Gasteiger charge is 2.28. The number of aryl methyl sites for hydroxylation is 2. The number of hydrogen-bond donors (Lipinski definition) is 0. The van der Waals surface area contributed by atoms with E-state index in [1.807, 2.05) is 67.3 Å². The van der Waals surface area contributed by atoms with Gasteiger partial charge in [0.15, 0.2) is 11.5 Å². The number of nitrogens with zero attached hydrogens (tertiary/aromatic N) is 3. The SMILES string of the molecule is Cc1noc(C)c1COc1ccccc1C(=O)N1CCC(c2nc3ccccc3o2)CC1. The second-order valence-corrected chi connectivity index (χ2v) is 8.17. The van der Waals surface area contributed by atoms with E-state index in [1.165, 1.54) is 0 Å². The highest BCUT2D eigenvalue weighted by Crippen LogP contribution is 2.31. The highest BCUT2D eigenvalue weighted by atomic mass is 16.5. The first-order valence-electron chi connectivity index (χ1n) is 10.9. The minimum atomic E-state index is -0.0182. The van der Waals surface area contributed by atoms with Crippen LogP contribution >= 0.6 is 0 Å². The maximum Gasteiger partial charge on any atom is 0.257 e. The Hall–Kier alpha value is -3.61. The van der Waals surface area contributed by atoms with Gasteiger partial charge < -0.3 is 18.6 Å². The van der Waals surface area contributed by atoms with Gasteiger partial charge in [-0.3, -0.25) is 4.79 Å². The third kappa shape index (κ3) is 3.86. The summed E-state index contributed by atoms with van der Waals surface area (Å²) in [6.45, 7) is 5.36. The van der Waals surface area contributed by atoms with Gasteiger partial charge in [0.2, 0.25) is 0 Å². The Balaban J connectivity index is 1.26. The third-order valence-corrected chi connectivity index (χ3v) is 6.11. The Kier molecular flexibility index (Phi) is 5.39. The summed E-state index contributed by atoms with van der Waals surface area (Å²) in [5.74, 6) is 2.26. The second-order valence-electron chi connectivity index (χ2n) is 8.17. The van der Waals surface area contributed by atoms with Crippen LogP contribution in [-0.4, -0.2) is 34.0 Å². The molecule has 0 atom stereocenters. The Morgan fingerprint density at radius 3 is 2.59 bits per heavy atom. The smallest absolute Gasteiger partial charge is 0.257 e. The van der Waals surface area contributed by atoms with Crippen LogP contribution in [0, 0.1) is 13.8 Å². The molecule has 2 aromatic heterocycles. The number of fused-ring (bicyclic) bond motifs is 1. The van der Waals surface area contributed by atoms with Gasteiger partial charge in [0.25, 0.3) is 5.91 Å². The van der Waals surface area contributed by atoms with Gasteiger partial charge >= 0.3 is 0 Å². The van der Waals surface area contributed by atoms with Gasteiger partial charge in [-0.15, -0.1) is 0 Å². The average molecular weight is 431 g/mol. The molecule has 0 saturated carbocycles. The zero-order valence-electron chi connectivity index (χ0n) is 18.2. The number of likely N-dealkylation sites (tertiary alicyclic amines) is 1. The molecule has 0 radical (unpaired) electrons. The molecule has 0 bridgehead atoms. The molecule has 1 amide bonds. The molecular weight excluding hydrogens is 406 g/mol. The summed E-state index contributed by atoms with van der Waals surface area (Å²) in [7, 11) is 0. The van der Waals surface area contributed by atoms with Crippen LogP contribution in [0.15, 0.2) is 57.5 Å². The van der Waals surface area contributed by atoms with Crippen LogP contribution in [0.4, 0.5) is 0 Å². The van der Waals surface area contributed by atoms with Crippen molar-refractivity contribution < 1.29 is 18.5 Å². The van der Waals surface area contributed by atoms with E-state index in [9.17, 15) is 4.79 Å². The van der Waals surface area contributed by atoms with Crippen molar-refractivity contribution in [1.29, 1.82) is 0 Å². The van der Waals surface area contributed by atoms with Crippen LogP contribution in [0.2, 0.25) is 0 Å². The Labute approximate surface area is 186 Å². The molecule has 2 aromatic carbocycles. The fourth-order valence-corrected chi connectivity index (χ4v) is 4.19. The summed E-state index contributed by atoms with van der Waals surface area (Å²) in [5, 5.41) is 3.96. The standard InChI is InChI=1S/C25H25N3O4/c1-16-20(17(2)32-27-16)15-30-22-9-5-3-7-19(22)25(29)28-13-11-18(12-14-28)24-26-21-8-4-6-10-23(21)31-24/h3-10,18H,11-15H2,1-2H3. The van der Waals surface area contributed by atoms with Crippen molar-refractivity contribution in [3.8, 4) is 5.75 Å². The van der Waals surface area contributed by atoms with Crippen LogP contribution < -0.4 is 4.74 Å². The normalized spacial score (nSPS) is 14.8. The minimum Gasteiger partial charge on any atom is -0.488 e. The van der Waals surface area contributed by atoms with E-state index in [4.69, 9.17) is 13.7 Å². The molecule has 32 heavy (non-hydrogen) atoms. The van der Waals surface area contributed by atoms with Gasteiger partial charge in [-0.05, 0) is 51.0 Å². The van der Waals surface area contributed by atoms with E-state index in [2.05, 4.69) is 10.1 Å². The predicted octanol–water partition coefficient (Wildman–Crippen LogP) is 5.03. The average Bonchev–Trinajstić information content (AvgIpc) is 3.40. The summed E-state index contributed by atoms with van der Waals surface area (Å²) in [4.78, 5) is 19.8. The van der Waals surface area contributed by atoms with E-state index in [1.54, 1.807) is 0 Å². The lowest BCUT2D eigenvalue weighted by Gasteiger charge is -2.31. The van der Waals surface area contributed by atoms with Crippen molar-refractivity contribution in [3.05, 3.63) is 77.0 Å². The second kappa shape index (κ2) is 8.49. The number of ether oxygens (including phenoxy) is 1. The van der Waals surface area contributed by atoms with Crippen LogP contribution in [0.5, 0.6) is 5.75 Å². The molecule has 5 rings (SSSR count). The zero-order valence-corrected chi connectivity index (χ0v) is 18.2. The van der Waals surface area contributed by atoms with Crippen molar-refractivity contribution in [2.24, 2.45) is 0 Å². The molecule has 1 fully saturated rings. The number of para-hydroxylation sites is 3. The first-order valence-corrected chi connectivity index (χ1v) is 10.9. The van der Waals surface area contributed by atoms with Crippen LogP contribution in [0.25, 0.3) is 11.1 Å². The number of carbonyl (C=O) groups is 1. The predicted molar refractivity (Wildman–Crippen MR) is 119 cm³/mol. The summed E-state index contributed by atoms with van der Waals surface area (Å²) >= 11 is 0. The van der Waals surface area contributed by atoms with E-state index in [-0.39, 0.29) is 11.8 Å². The van der Waals surface area contributed by atoms with Crippen LogP contribution in [-0.2, 0) is 6.61 Å². The number of piperidine rings is 1. The van der Waals surface area contributed by atoms with E-state index in [0.717, 1.165) is 46.8 Å². The first-order chi connectivity index (χ1) is 15.6. The molecular formula is C25H25N3O4. The van der Waals surface area contributed by atoms with Gasteiger partial charge in [-0.1, -0.05) is 29.4 Å². The van der Waals surface area contributed by atoms with Crippen molar-refractivity contribution in [3.63, 3.8) is 0 Å². The lowest BCUT2D eigenvalue weighted by atomic mass is 9.96. The molecule has 3 heterocycles. The molecule has 7 heteroatoms. The first kappa shape index (κ1) is 20.3. The highest BCUT2D eigenvalue weighted by molar-refractivity contribution is 5.97. The molecule has 1 aliphatic rings. The lowest BCUT2D eigenvalue weighted by Crippen LogP contribution is -2.38. The monoisotopic (exact) mass is 431 g/mol. The summed E-state index contributed by atoms with van der Waals surface area (Å²) < 4.78 is 17.2. The summed E-state index contributed by atoms with van der Waals surface area (Å²) in [6.07, 6.45) is 1.64. The molecule has 1 aliphatic heterocycles. The fraction of sp³-hybridized carbons (Fsp3) is 0.320. The largest absolute Gasteiger partial charge is 0.488 e. The maximum atomic E-state index is 13.3. The molecule has 164 valence electrons. The summed E-state index contributed by atoms with van der Waals surface area (Å²) in [5.41, 5.74) is 3.97. The van der Waals surface area contributed by atoms with Gasteiger partial charge in [-0.2, -0.15) is 0 Å². The number of oxazole rings is 1. The number of amides is 1. The quantitative estimate of drug-likeness (QED) is 0.441. The Bertz CT molecular complexity index is 1200. The fourth-order valence-electron chi connectivity index (χ4n) is 4.19. The van der Waals surface area contributed by atoms with Gasteiger partial charge in [0, 0.05) is 19.0 Å². The number of hydrogen-bond acceptors (Lipinski definition) is 6. The van der Waals surface area contributed by atoms with Crippen LogP contribution in [0.3, 0.4) is 0 Å². The number of carbonyl (C=O) groups excluding carboxylic acids is 1. The number of benzene rings is 2. The van der Waals surface area contributed by atoms with E-state index in [0.29, 0.717) is 31.0 Å². The minimum absolute atomic E-state index is 0.0182. The van der Waals surface area contributed by atoms with Gasteiger partial charge in [0.1, 0.15) is 23.6 Å². The van der Waals surface area contributed by atoms with Crippen molar-refractivity contribution in [1.82, 2.24) is 15.0 Å². The molecule has 4 aromatic rings. The molecule has 7 nitrogen and oxygen atoms in total. The van der Waals surface area contributed by atoms with Crippen molar-refractivity contribution in [2.75, 3.05) is 13.1 Å². The lowest BCUT2D eigenvalue weighted by molar-refractivity contribution is 0.0702. The molecule has 0 spiro atoms. The zero-order chi connectivity index (χ0) is 22.1. The Morgan fingerprint density at radius 2 is 1.84 bits per heavy atom. The van der Waals surface area contributed by atoms with Crippen molar-refractivity contribution >= 4 is 17.0 Å². The van der Waals surface area contributed by atoms with Crippen molar-refractivity contribution in [2.45, 2.75) is 39.2 Å². The molecule has 0 aliphatic carbocycles. The molecule has 0 unspecified atom stereocenters. The molecule has 1 saturated heterocycles. The number of rotatable bonds is 5. The topological polar surface area (TPSA) is 81.6 Å². The maximum absolute atomic E-state index is 13.3. The van der Waals surface area contributed by atoms with Gasteiger partial charge in [0.05, 0.1) is 16.8 Å². The summed E-state index contributed by atoms with van der Waals surface area (Å²) in [6, 6.07) is 15.2. The Morgan fingerprint density at radius 1 is 1.09 bits per heavy atom. The van der Waals surface area contributed by atoms with Crippen LogP contribution in [0.1, 0.15) is 52.0 Å². The third-order valence-electron chi connectivity index (χ3n) is 6.11. The van der Waals surface area contributed by atoms with Gasteiger partial charge in [-0.25, -0.2) is 4.98 Å². The van der Waals surface area contributed by atoms with E-state index < -0.39 is 0 Å². The molecule has 0 N–H and O–H groups in total. The number of aromatic nitrogens is 2.